The standard InChI is InChI=1S/C17H17N3O2/c1-21-14-6-4-5-13(11-14)7-8-16-19-15(12-18)17(22-16)20-9-2-3-10-20/h4-8,11H,2-3,9-10H2,1H3/b8-7+. The highest BCUT2D eigenvalue weighted by Crippen LogP contribution is 2.26. The number of benzene rings is 1. The largest absolute Gasteiger partial charge is 0.497 e. The molecule has 2 heterocycles. The molecule has 3 rings (SSSR count). The molecule has 0 radical (unpaired) electrons. The van der Waals surface area contributed by atoms with Gasteiger partial charge in [0.2, 0.25) is 17.5 Å². The molecule has 0 amide bonds. The van der Waals surface area contributed by atoms with Crippen LogP contribution >= 0.6 is 0 Å². The molecular formula is C17H17N3O2. The van der Waals surface area contributed by atoms with Gasteiger partial charge >= 0.3 is 0 Å². The van der Waals surface area contributed by atoms with E-state index in [-0.39, 0.29) is 0 Å². The van der Waals surface area contributed by atoms with E-state index in [4.69, 9.17) is 9.15 Å². The molecule has 112 valence electrons. The smallest absolute Gasteiger partial charge is 0.235 e. The average molecular weight is 295 g/mol. The summed E-state index contributed by atoms with van der Waals surface area (Å²) >= 11 is 0. The summed E-state index contributed by atoms with van der Waals surface area (Å²) in [5, 5.41) is 9.21. The Balaban J connectivity index is 1.83. The van der Waals surface area contributed by atoms with Crippen molar-refractivity contribution in [3.63, 3.8) is 0 Å². The van der Waals surface area contributed by atoms with E-state index in [1.165, 1.54) is 0 Å². The van der Waals surface area contributed by atoms with Crippen LogP contribution in [0.2, 0.25) is 0 Å². The maximum absolute atomic E-state index is 9.21. The number of hydrogen-bond acceptors (Lipinski definition) is 5. The number of anilines is 1. The van der Waals surface area contributed by atoms with Gasteiger partial charge in [0.15, 0.2) is 0 Å². The molecule has 1 fully saturated rings. The van der Waals surface area contributed by atoms with Crippen molar-refractivity contribution in [1.29, 1.82) is 5.26 Å². The molecule has 2 aromatic rings. The highest BCUT2D eigenvalue weighted by molar-refractivity contribution is 5.68. The van der Waals surface area contributed by atoms with Gasteiger partial charge in [0.1, 0.15) is 11.8 Å². The van der Waals surface area contributed by atoms with Crippen LogP contribution in [0.3, 0.4) is 0 Å². The van der Waals surface area contributed by atoms with Gasteiger partial charge in [-0.3, -0.25) is 0 Å². The Kier molecular flexibility index (Phi) is 4.10. The third kappa shape index (κ3) is 2.96. The minimum absolute atomic E-state index is 0.354. The lowest BCUT2D eigenvalue weighted by Gasteiger charge is -2.12. The number of ether oxygens (including phenoxy) is 1. The summed E-state index contributed by atoms with van der Waals surface area (Å²) in [6.45, 7) is 1.84. The average Bonchev–Trinajstić information content (AvgIpc) is 3.22. The minimum Gasteiger partial charge on any atom is -0.497 e. The predicted molar refractivity (Wildman–Crippen MR) is 84.6 cm³/mol. The summed E-state index contributed by atoms with van der Waals surface area (Å²) in [6, 6.07) is 9.81. The SMILES string of the molecule is COc1cccc(/C=C/c2nc(C#N)c(N3CCCC3)o2)c1. The quantitative estimate of drug-likeness (QED) is 0.865. The van der Waals surface area contributed by atoms with Gasteiger partial charge in [-0.05, 0) is 36.6 Å². The van der Waals surface area contributed by atoms with Gasteiger partial charge < -0.3 is 14.1 Å². The first-order chi connectivity index (χ1) is 10.8. The highest BCUT2D eigenvalue weighted by atomic mass is 16.5. The van der Waals surface area contributed by atoms with Crippen LogP contribution in [0.1, 0.15) is 30.0 Å². The van der Waals surface area contributed by atoms with Crippen molar-refractivity contribution in [3.8, 4) is 11.8 Å². The molecule has 0 aliphatic carbocycles. The number of methoxy groups -OCH3 is 1. The Morgan fingerprint density at radius 1 is 1.32 bits per heavy atom. The number of oxazole rings is 1. The zero-order chi connectivity index (χ0) is 15.4. The normalized spacial score (nSPS) is 14.5. The summed E-state index contributed by atoms with van der Waals surface area (Å²) in [7, 11) is 1.64. The molecule has 1 aliphatic rings. The molecular weight excluding hydrogens is 278 g/mol. The number of rotatable bonds is 4. The van der Waals surface area contributed by atoms with Crippen molar-refractivity contribution in [3.05, 3.63) is 41.4 Å². The van der Waals surface area contributed by atoms with Crippen LogP contribution < -0.4 is 9.64 Å². The van der Waals surface area contributed by atoms with Crippen LogP contribution in [0, 0.1) is 11.3 Å². The second-order valence-electron chi connectivity index (χ2n) is 5.12. The zero-order valence-electron chi connectivity index (χ0n) is 12.5. The first-order valence-electron chi connectivity index (χ1n) is 7.28. The van der Waals surface area contributed by atoms with Gasteiger partial charge in [0.05, 0.1) is 7.11 Å². The summed E-state index contributed by atoms with van der Waals surface area (Å²) in [4.78, 5) is 6.32. The first-order valence-corrected chi connectivity index (χ1v) is 7.28. The fourth-order valence-electron chi connectivity index (χ4n) is 2.52. The lowest BCUT2D eigenvalue weighted by atomic mass is 10.2. The zero-order valence-corrected chi connectivity index (χ0v) is 12.5. The number of aromatic nitrogens is 1. The van der Waals surface area contributed by atoms with Gasteiger partial charge in [0, 0.05) is 19.2 Å². The van der Waals surface area contributed by atoms with E-state index in [9.17, 15) is 5.26 Å². The number of nitriles is 1. The molecule has 1 saturated heterocycles. The molecule has 22 heavy (non-hydrogen) atoms. The van der Waals surface area contributed by atoms with E-state index < -0.39 is 0 Å². The van der Waals surface area contributed by atoms with Crippen LogP contribution in [0.25, 0.3) is 12.2 Å². The van der Waals surface area contributed by atoms with Crippen LogP contribution in [0.5, 0.6) is 5.75 Å². The molecule has 0 unspecified atom stereocenters. The van der Waals surface area contributed by atoms with Crippen molar-refractivity contribution in [1.82, 2.24) is 4.98 Å². The van der Waals surface area contributed by atoms with Crippen molar-refractivity contribution >= 4 is 18.0 Å². The highest BCUT2D eigenvalue weighted by Gasteiger charge is 2.21. The van der Waals surface area contributed by atoms with Gasteiger partial charge in [-0.1, -0.05) is 12.1 Å². The van der Waals surface area contributed by atoms with E-state index in [0.29, 0.717) is 17.5 Å². The Labute approximate surface area is 129 Å². The molecule has 1 aliphatic heterocycles. The molecule has 1 aromatic heterocycles. The van der Waals surface area contributed by atoms with Crippen LogP contribution in [-0.4, -0.2) is 25.2 Å². The van der Waals surface area contributed by atoms with Crippen molar-refractivity contribution in [2.75, 3.05) is 25.1 Å². The van der Waals surface area contributed by atoms with Crippen LogP contribution in [-0.2, 0) is 0 Å². The van der Waals surface area contributed by atoms with Gasteiger partial charge in [-0.15, -0.1) is 0 Å². The van der Waals surface area contributed by atoms with Crippen molar-refractivity contribution < 1.29 is 9.15 Å². The molecule has 0 N–H and O–H groups in total. The molecule has 0 saturated carbocycles. The fraction of sp³-hybridized carbons (Fsp3) is 0.294. The van der Waals surface area contributed by atoms with Gasteiger partial charge in [-0.25, -0.2) is 0 Å². The molecule has 0 bridgehead atoms. The van der Waals surface area contributed by atoms with E-state index >= 15 is 0 Å². The summed E-state index contributed by atoms with van der Waals surface area (Å²) in [5.74, 6) is 1.83. The second-order valence-corrected chi connectivity index (χ2v) is 5.12. The van der Waals surface area contributed by atoms with Crippen LogP contribution in [0.4, 0.5) is 5.88 Å². The van der Waals surface area contributed by atoms with Gasteiger partial charge in [-0.2, -0.15) is 10.2 Å². The van der Waals surface area contributed by atoms with E-state index in [0.717, 1.165) is 37.2 Å². The third-order valence-electron chi connectivity index (χ3n) is 3.64. The van der Waals surface area contributed by atoms with E-state index in [1.807, 2.05) is 30.3 Å². The second kappa shape index (κ2) is 6.35. The molecule has 5 nitrogen and oxygen atoms in total. The number of hydrogen-bond donors (Lipinski definition) is 0. The van der Waals surface area contributed by atoms with Crippen molar-refractivity contribution in [2.45, 2.75) is 12.8 Å². The number of nitrogens with zero attached hydrogens (tertiary/aromatic N) is 3. The van der Waals surface area contributed by atoms with Gasteiger partial charge in [0.25, 0.3) is 0 Å². The monoisotopic (exact) mass is 295 g/mol. The summed E-state index contributed by atoms with van der Waals surface area (Å²) < 4.78 is 10.9. The first kappa shape index (κ1) is 14.2. The molecule has 0 spiro atoms. The lowest BCUT2D eigenvalue weighted by molar-refractivity contribution is 0.414. The molecule has 0 atom stereocenters. The van der Waals surface area contributed by atoms with E-state index in [1.54, 1.807) is 13.2 Å². The molecule has 5 heteroatoms. The Morgan fingerprint density at radius 3 is 2.86 bits per heavy atom. The van der Waals surface area contributed by atoms with Crippen molar-refractivity contribution in [2.24, 2.45) is 0 Å². The maximum Gasteiger partial charge on any atom is 0.235 e. The summed E-state index contributed by atoms with van der Waals surface area (Å²) in [5.41, 5.74) is 1.34. The Morgan fingerprint density at radius 2 is 2.14 bits per heavy atom. The lowest BCUT2D eigenvalue weighted by Crippen LogP contribution is -2.17. The maximum atomic E-state index is 9.21. The molecule has 1 aromatic carbocycles. The Hall–Kier alpha value is -2.74. The van der Waals surface area contributed by atoms with Crippen LogP contribution in [0.15, 0.2) is 28.7 Å². The fourth-order valence-corrected chi connectivity index (χ4v) is 2.52. The third-order valence-corrected chi connectivity index (χ3v) is 3.64. The Bertz CT molecular complexity index is 722. The van der Waals surface area contributed by atoms with E-state index in [2.05, 4.69) is 16.0 Å². The minimum atomic E-state index is 0.354. The summed E-state index contributed by atoms with van der Waals surface area (Å²) in [6.07, 6.45) is 5.92. The topological polar surface area (TPSA) is 62.3 Å². The predicted octanol–water partition coefficient (Wildman–Crippen LogP) is 3.33.